The summed E-state index contributed by atoms with van der Waals surface area (Å²) in [7, 11) is 1.84. The van der Waals surface area contributed by atoms with Gasteiger partial charge in [0.2, 0.25) is 5.91 Å². The summed E-state index contributed by atoms with van der Waals surface area (Å²) in [6.45, 7) is 2.10. The van der Waals surface area contributed by atoms with Gasteiger partial charge in [0.25, 0.3) is 0 Å². The number of piperidine rings is 1. The first-order valence-corrected chi connectivity index (χ1v) is 7.18. The Hall–Kier alpha value is -1.62. The van der Waals surface area contributed by atoms with Crippen LogP contribution in [0.1, 0.15) is 18.4 Å². The lowest BCUT2D eigenvalue weighted by atomic mass is 9.91. The second-order valence-electron chi connectivity index (χ2n) is 5.57. The average molecular weight is 277 g/mol. The number of nitrogens with zero attached hydrogens (tertiary/aromatic N) is 1. The number of carbonyl (C=O) groups is 1. The quantitative estimate of drug-likeness (QED) is 0.874. The molecular weight excluding hydrogens is 257 g/mol. The van der Waals surface area contributed by atoms with E-state index in [9.17, 15) is 9.18 Å². The molecule has 3 rings (SSSR count). The van der Waals surface area contributed by atoms with Gasteiger partial charge >= 0.3 is 0 Å². The lowest BCUT2D eigenvalue weighted by molar-refractivity contribution is -0.123. The van der Waals surface area contributed by atoms with Crippen LogP contribution in [0.25, 0.3) is 0 Å². The second kappa shape index (κ2) is 5.40. The van der Waals surface area contributed by atoms with Crippen molar-refractivity contribution >= 4 is 11.6 Å². The van der Waals surface area contributed by atoms with E-state index in [2.05, 4.69) is 15.5 Å². The molecule has 2 N–H and O–H groups in total. The lowest BCUT2D eigenvalue weighted by Crippen LogP contribution is -2.46. The van der Waals surface area contributed by atoms with Crippen molar-refractivity contribution in [1.82, 2.24) is 10.6 Å². The number of rotatable bonds is 3. The molecule has 1 aromatic carbocycles. The minimum Gasteiger partial charge on any atom is -0.364 e. The van der Waals surface area contributed by atoms with Gasteiger partial charge in [0.15, 0.2) is 0 Å². The second-order valence-corrected chi connectivity index (χ2v) is 5.57. The van der Waals surface area contributed by atoms with E-state index in [1.165, 1.54) is 0 Å². The zero-order chi connectivity index (χ0) is 14.1. The molecule has 2 unspecified atom stereocenters. The normalized spacial score (nSPS) is 25.5. The minimum atomic E-state index is -0.197. The molecule has 2 aliphatic rings. The SMILES string of the molecule is CNCc1ccc(N2CCCC3C(=O)NCC32)c(F)c1. The zero-order valence-electron chi connectivity index (χ0n) is 11.7. The summed E-state index contributed by atoms with van der Waals surface area (Å²) >= 11 is 0. The van der Waals surface area contributed by atoms with Gasteiger partial charge in [-0.2, -0.15) is 0 Å². The highest BCUT2D eigenvalue weighted by Gasteiger charge is 2.41. The van der Waals surface area contributed by atoms with Gasteiger partial charge in [-0.25, -0.2) is 4.39 Å². The van der Waals surface area contributed by atoms with Crippen molar-refractivity contribution in [2.45, 2.75) is 25.4 Å². The molecule has 0 aliphatic carbocycles. The van der Waals surface area contributed by atoms with Crippen LogP contribution in [0.5, 0.6) is 0 Å². The Balaban J connectivity index is 1.86. The van der Waals surface area contributed by atoms with Crippen LogP contribution in [0.3, 0.4) is 0 Å². The fourth-order valence-corrected chi connectivity index (χ4v) is 3.35. The minimum absolute atomic E-state index is 0.0140. The molecule has 1 aromatic rings. The Morgan fingerprint density at radius 2 is 2.35 bits per heavy atom. The maximum Gasteiger partial charge on any atom is 0.225 e. The Morgan fingerprint density at radius 3 is 3.10 bits per heavy atom. The van der Waals surface area contributed by atoms with E-state index in [1.807, 2.05) is 19.2 Å². The summed E-state index contributed by atoms with van der Waals surface area (Å²) in [5, 5.41) is 5.92. The van der Waals surface area contributed by atoms with Gasteiger partial charge in [-0.3, -0.25) is 4.79 Å². The van der Waals surface area contributed by atoms with E-state index in [1.54, 1.807) is 6.07 Å². The fourth-order valence-electron chi connectivity index (χ4n) is 3.35. The molecule has 4 nitrogen and oxygen atoms in total. The molecule has 20 heavy (non-hydrogen) atoms. The van der Waals surface area contributed by atoms with Crippen LogP contribution in [0.4, 0.5) is 10.1 Å². The maximum atomic E-state index is 14.3. The number of halogens is 1. The molecule has 0 radical (unpaired) electrons. The summed E-state index contributed by atoms with van der Waals surface area (Å²) in [4.78, 5) is 13.8. The van der Waals surface area contributed by atoms with Crippen molar-refractivity contribution < 1.29 is 9.18 Å². The van der Waals surface area contributed by atoms with Crippen molar-refractivity contribution in [3.63, 3.8) is 0 Å². The predicted octanol–water partition coefficient (Wildman–Crippen LogP) is 1.26. The molecule has 2 aliphatic heterocycles. The molecule has 5 heteroatoms. The lowest BCUT2D eigenvalue weighted by Gasteiger charge is -2.37. The Labute approximate surface area is 118 Å². The highest BCUT2D eigenvalue weighted by atomic mass is 19.1. The summed E-state index contributed by atoms with van der Waals surface area (Å²) in [5.41, 5.74) is 1.55. The first-order valence-electron chi connectivity index (χ1n) is 7.18. The van der Waals surface area contributed by atoms with Crippen molar-refractivity contribution in [3.8, 4) is 0 Å². The van der Waals surface area contributed by atoms with Crippen molar-refractivity contribution in [1.29, 1.82) is 0 Å². The highest BCUT2D eigenvalue weighted by molar-refractivity contribution is 5.83. The number of carbonyl (C=O) groups excluding carboxylic acids is 1. The Kier molecular flexibility index (Phi) is 3.61. The van der Waals surface area contributed by atoms with Gasteiger partial charge in [-0.15, -0.1) is 0 Å². The summed E-state index contributed by atoms with van der Waals surface area (Å²) in [5.74, 6) is -0.0650. The smallest absolute Gasteiger partial charge is 0.225 e. The Bertz CT molecular complexity index is 520. The van der Waals surface area contributed by atoms with E-state index in [-0.39, 0.29) is 23.7 Å². The number of anilines is 1. The first kappa shape index (κ1) is 13.4. The monoisotopic (exact) mass is 277 g/mol. The van der Waals surface area contributed by atoms with Crippen molar-refractivity contribution in [3.05, 3.63) is 29.6 Å². The van der Waals surface area contributed by atoms with Crippen LogP contribution in [0.2, 0.25) is 0 Å². The van der Waals surface area contributed by atoms with E-state index >= 15 is 0 Å². The first-order chi connectivity index (χ1) is 9.70. The maximum absolute atomic E-state index is 14.3. The van der Waals surface area contributed by atoms with Crippen LogP contribution < -0.4 is 15.5 Å². The fraction of sp³-hybridized carbons (Fsp3) is 0.533. The molecular formula is C15H20FN3O. The number of nitrogens with one attached hydrogen (secondary N) is 2. The topological polar surface area (TPSA) is 44.4 Å². The molecule has 2 fully saturated rings. The van der Waals surface area contributed by atoms with Gasteiger partial charge in [0.1, 0.15) is 5.82 Å². The summed E-state index contributed by atoms with van der Waals surface area (Å²) < 4.78 is 14.3. The summed E-state index contributed by atoms with van der Waals surface area (Å²) in [6, 6.07) is 5.47. The number of benzene rings is 1. The molecule has 108 valence electrons. The highest BCUT2D eigenvalue weighted by Crippen LogP contribution is 2.33. The van der Waals surface area contributed by atoms with Crippen LogP contribution in [0.15, 0.2) is 18.2 Å². The Morgan fingerprint density at radius 1 is 1.50 bits per heavy atom. The van der Waals surface area contributed by atoms with E-state index in [0.29, 0.717) is 18.8 Å². The van der Waals surface area contributed by atoms with Gasteiger partial charge in [-0.1, -0.05) is 6.07 Å². The third-order valence-electron chi connectivity index (χ3n) is 4.30. The average Bonchev–Trinajstić information content (AvgIpc) is 2.82. The molecule has 2 atom stereocenters. The van der Waals surface area contributed by atoms with Crippen LogP contribution in [-0.2, 0) is 11.3 Å². The van der Waals surface area contributed by atoms with Crippen molar-refractivity contribution in [2.24, 2.45) is 5.92 Å². The number of hydrogen-bond donors (Lipinski definition) is 2. The van der Waals surface area contributed by atoms with E-state index in [4.69, 9.17) is 0 Å². The number of hydrogen-bond acceptors (Lipinski definition) is 3. The number of amides is 1. The van der Waals surface area contributed by atoms with Gasteiger partial charge < -0.3 is 15.5 Å². The molecule has 0 saturated carbocycles. The van der Waals surface area contributed by atoms with Gasteiger partial charge in [0.05, 0.1) is 17.6 Å². The van der Waals surface area contributed by atoms with Crippen LogP contribution >= 0.6 is 0 Å². The molecule has 2 saturated heterocycles. The third-order valence-corrected chi connectivity index (χ3v) is 4.30. The molecule has 0 spiro atoms. The van der Waals surface area contributed by atoms with Crippen LogP contribution in [-0.4, -0.2) is 32.1 Å². The van der Waals surface area contributed by atoms with E-state index in [0.717, 1.165) is 24.9 Å². The molecule has 1 amide bonds. The largest absolute Gasteiger partial charge is 0.364 e. The van der Waals surface area contributed by atoms with Gasteiger partial charge in [-0.05, 0) is 37.6 Å². The van der Waals surface area contributed by atoms with Crippen LogP contribution in [0, 0.1) is 11.7 Å². The molecule has 0 bridgehead atoms. The van der Waals surface area contributed by atoms with Crippen molar-refractivity contribution in [2.75, 3.05) is 25.0 Å². The third kappa shape index (κ3) is 2.26. The molecule has 0 aromatic heterocycles. The standard InChI is InChI=1S/C15H20FN3O/c1-17-8-10-4-5-13(12(16)7-10)19-6-2-3-11-14(19)9-18-15(11)20/h4-5,7,11,14,17H,2-3,6,8-9H2,1H3,(H,18,20). The van der Waals surface area contributed by atoms with Gasteiger partial charge in [0, 0.05) is 19.6 Å². The predicted molar refractivity (Wildman–Crippen MR) is 76.0 cm³/mol. The number of fused-ring (bicyclic) bond motifs is 1. The van der Waals surface area contributed by atoms with E-state index < -0.39 is 0 Å². The zero-order valence-corrected chi connectivity index (χ0v) is 11.7. The summed E-state index contributed by atoms with van der Waals surface area (Å²) in [6.07, 6.45) is 1.85. The molecule has 2 heterocycles.